The van der Waals surface area contributed by atoms with Gasteiger partial charge in [-0.2, -0.15) is 0 Å². The molecule has 3 heterocycles. The Kier molecular flexibility index (Phi) is 8.43. The van der Waals surface area contributed by atoms with E-state index in [2.05, 4.69) is 0 Å². The van der Waals surface area contributed by atoms with Crippen molar-refractivity contribution in [1.29, 1.82) is 0 Å². The van der Waals surface area contributed by atoms with E-state index in [1.807, 2.05) is 30.3 Å². The number of carbonyl (C=O) groups is 4. The first-order valence-corrected chi connectivity index (χ1v) is 13.9. The molecule has 5 atom stereocenters. The van der Waals surface area contributed by atoms with Gasteiger partial charge in [0.25, 0.3) is 11.7 Å². The van der Waals surface area contributed by atoms with Gasteiger partial charge in [0, 0.05) is 12.6 Å². The molecule has 13 heteroatoms. The molecular weight excluding hydrogens is 564 g/mol. The number of hydrogen-bond donors (Lipinski definition) is 2. The highest BCUT2D eigenvalue weighted by Crippen LogP contribution is 2.43. The van der Waals surface area contributed by atoms with Crippen molar-refractivity contribution in [2.45, 2.75) is 76.8 Å². The molecule has 0 aliphatic carbocycles. The van der Waals surface area contributed by atoms with Crippen LogP contribution in [0, 0.1) is 0 Å². The third kappa shape index (κ3) is 6.07. The summed E-state index contributed by atoms with van der Waals surface area (Å²) in [4.78, 5) is 55.6. The van der Waals surface area contributed by atoms with Gasteiger partial charge in [-0.05, 0) is 45.2 Å². The van der Waals surface area contributed by atoms with Crippen LogP contribution >= 0.6 is 0 Å². The van der Waals surface area contributed by atoms with Crippen molar-refractivity contribution in [2.75, 3.05) is 18.6 Å². The van der Waals surface area contributed by atoms with E-state index in [9.17, 15) is 29.4 Å². The van der Waals surface area contributed by atoms with E-state index >= 15 is 0 Å². The molecular formula is C30H34N2O11. The van der Waals surface area contributed by atoms with Crippen LogP contribution in [0.15, 0.2) is 42.5 Å². The topological polar surface area (TPSA) is 161 Å². The first kappa shape index (κ1) is 30.4. The third-order valence-electron chi connectivity index (χ3n) is 7.26. The number of aliphatic hydroxyl groups excluding tert-OH is 2. The van der Waals surface area contributed by atoms with E-state index in [4.69, 9.17) is 23.7 Å². The maximum absolute atomic E-state index is 14.0. The van der Waals surface area contributed by atoms with Gasteiger partial charge in [-0.25, -0.2) is 9.69 Å². The molecule has 3 unspecified atom stereocenters. The average Bonchev–Trinajstić information content (AvgIpc) is 3.43. The van der Waals surface area contributed by atoms with Gasteiger partial charge in [0.15, 0.2) is 30.1 Å². The number of ketones is 2. The summed E-state index contributed by atoms with van der Waals surface area (Å²) in [7, 11) is 1.41. The molecule has 13 nitrogen and oxygen atoms in total. The van der Waals surface area contributed by atoms with Crippen molar-refractivity contribution in [3.63, 3.8) is 0 Å². The number of Topliss-reactive ketones (excluding diaryl/α,β-unsaturated/α-hetero) is 2. The fraction of sp³-hybridized carbons (Fsp3) is 0.467. The normalized spacial score (nSPS) is 25.6. The number of benzene rings is 2. The Morgan fingerprint density at radius 1 is 1.05 bits per heavy atom. The first-order chi connectivity index (χ1) is 20.4. The molecule has 2 fully saturated rings. The molecule has 0 aromatic heterocycles. The van der Waals surface area contributed by atoms with Crippen molar-refractivity contribution < 1.29 is 53.1 Å². The molecule has 0 spiro atoms. The fourth-order valence-corrected chi connectivity index (χ4v) is 5.27. The van der Waals surface area contributed by atoms with Crippen molar-refractivity contribution in [2.24, 2.45) is 0 Å². The summed E-state index contributed by atoms with van der Waals surface area (Å²) in [6.45, 7) is 5.49. The predicted molar refractivity (Wildman–Crippen MR) is 148 cm³/mol. The second-order valence-corrected chi connectivity index (χ2v) is 11.4. The Labute approximate surface area is 247 Å². The van der Waals surface area contributed by atoms with Crippen LogP contribution in [0.3, 0.4) is 0 Å². The summed E-state index contributed by atoms with van der Waals surface area (Å²) in [5.41, 5.74) is 0.0603. The molecule has 43 heavy (non-hydrogen) atoms. The van der Waals surface area contributed by atoms with Gasteiger partial charge in [-0.3, -0.25) is 14.4 Å². The van der Waals surface area contributed by atoms with Crippen LogP contribution in [0.25, 0.3) is 0 Å². The van der Waals surface area contributed by atoms with Gasteiger partial charge in [0.05, 0.1) is 24.4 Å². The van der Waals surface area contributed by atoms with Crippen molar-refractivity contribution >= 4 is 29.3 Å². The number of aliphatic hydroxyl groups is 2. The van der Waals surface area contributed by atoms with Gasteiger partial charge in [0.2, 0.25) is 12.1 Å². The molecule has 0 saturated carbocycles. The van der Waals surface area contributed by atoms with Crippen LogP contribution in [-0.2, 0) is 30.4 Å². The maximum Gasteiger partial charge on any atom is 0.417 e. The number of methoxy groups -OCH3 is 1. The number of ether oxygens (including phenoxy) is 5. The maximum atomic E-state index is 14.0. The number of anilines is 1. The highest BCUT2D eigenvalue weighted by Gasteiger charge is 2.51. The number of carbonyl (C=O) groups excluding carboxylic acids is 4. The van der Waals surface area contributed by atoms with Gasteiger partial charge in [0.1, 0.15) is 12.2 Å². The molecule has 2 aromatic carbocycles. The number of amides is 2. The number of nitrogens with zero attached hydrogens (tertiary/aromatic N) is 2. The lowest BCUT2D eigenvalue weighted by Crippen LogP contribution is -2.59. The molecule has 0 bridgehead atoms. The van der Waals surface area contributed by atoms with Crippen LogP contribution in [0.4, 0.5) is 10.5 Å². The Morgan fingerprint density at radius 3 is 2.44 bits per heavy atom. The van der Waals surface area contributed by atoms with Crippen LogP contribution in [0.1, 0.15) is 49.5 Å². The van der Waals surface area contributed by atoms with Crippen molar-refractivity contribution in [3.05, 3.63) is 53.6 Å². The summed E-state index contributed by atoms with van der Waals surface area (Å²) in [6, 6.07) is 11.5. The lowest BCUT2D eigenvalue weighted by Gasteiger charge is -2.39. The Bertz CT molecular complexity index is 1410. The van der Waals surface area contributed by atoms with E-state index in [1.54, 1.807) is 20.8 Å². The molecule has 5 rings (SSSR count). The highest BCUT2D eigenvalue weighted by atomic mass is 16.7. The quantitative estimate of drug-likeness (QED) is 0.469. The summed E-state index contributed by atoms with van der Waals surface area (Å²) in [5.74, 6) is -2.51. The average molecular weight is 599 g/mol. The summed E-state index contributed by atoms with van der Waals surface area (Å²) in [6.07, 6.45) is -7.45. The Morgan fingerprint density at radius 2 is 1.77 bits per heavy atom. The zero-order valence-electron chi connectivity index (χ0n) is 24.2. The Hall–Kier alpha value is -4.04. The lowest BCUT2D eigenvalue weighted by molar-refractivity contribution is -0.269. The monoisotopic (exact) mass is 598 g/mol. The summed E-state index contributed by atoms with van der Waals surface area (Å²) < 4.78 is 28.5. The van der Waals surface area contributed by atoms with Gasteiger partial charge < -0.3 is 38.8 Å². The standard InChI is InChI=1S/C30H34N2O11/c1-30(2,3)43-29(38)32-19-14-20(39-4)21(40-15-16-9-6-5-7-10-16)13-17(19)25(36)31-12-8-11-18(31)26(32)41-28-24(35)22(33)23(34)27(37)42-28/h5-7,9-10,13-14,18,23,26-28,34,37H,8,11-12,15H2,1-4H3/t18-,23?,26-,27?,28?/m0/s1. The third-order valence-corrected chi connectivity index (χ3v) is 7.26. The number of fused-ring (bicyclic) bond motifs is 2. The number of rotatable bonds is 6. The molecule has 2 N–H and O–H groups in total. The highest BCUT2D eigenvalue weighted by molar-refractivity contribution is 6.40. The summed E-state index contributed by atoms with van der Waals surface area (Å²) in [5, 5.41) is 19.8. The molecule has 230 valence electrons. The van der Waals surface area contributed by atoms with Crippen LogP contribution in [0.5, 0.6) is 11.5 Å². The van der Waals surface area contributed by atoms with E-state index in [0.29, 0.717) is 19.4 Å². The van der Waals surface area contributed by atoms with Crippen LogP contribution < -0.4 is 14.4 Å². The van der Waals surface area contributed by atoms with Crippen LogP contribution in [-0.4, -0.2) is 88.9 Å². The first-order valence-electron chi connectivity index (χ1n) is 13.9. The lowest BCUT2D eigenvalue weighted by atomic mass is 10.1. The van der Waals surface area contributed by atoms with E-state index in [-0.39, 0.29) is 29.4 Å². The molecule has 2 saturated heterocycles. The van der Waals surface area contributed by atoms with Crippen LogP contribution in [0.2, 0.25) is 0 Å². The molecule has 2 aromatic rings. The smallest absolute Gasteiger partial charge is 0.417 e. The van der Waals surface area contributed by atoms with E-state index in [0.717, 1.165) is 10.5 Å². The van der Waals surface area contributed by atoms with Gasteiger partial charge >= 0.3 is 6.09 Å². The minimum Gasteiger partial charge on any atom is -0.493 e. The molecule has 3 aliphatic rings. The van der Waals surface area contributed by atoms with E-state index in [1.165, 1.54) is 24.1 Å². The Balaban J connectivity index is 1.61. The minimum absolute atomic E-state index is 0.0535. The SMILES string of the molecule is COc1cc2c(cc1OCc1ccccc1)C(=O)N1CCC[C@H]1[C@H](OC1OC(O)C(O)C(=O)C1=O)N2C(=O)OC(C)(C)C. The second kappa shape index (κ2) is 11.9. The molecule has 0 radical (unpaired) electrons. The predicted octanol–water partition coefficient (Wildman–Crippen LogP) is 2.15. The van der Waals surface area contributed by atoms with Crippen molar-refractivity contribution in [1.82, 2.24) is 4.90 Å². The fourth-order valence-electron chi connectivity index (χ4n) is 5.27. The molecule has 2 amide bonds. The second-order valence-electron chi connectivity index (χ2n) is 11.4. The zero-order valence-corrected chi connectivity index (χ0v) is 24.2. The van der Waals surface area contributed by atoms with Gasteiger partial charge in [-0.1, -0.05) is 30.3 Å². The number of hydrogen-bond acceptors (Lipinski definition) is 11. The van der Waals surface area contributed by atoms with Crippen molar-refractivity contribution in [3.8, 4) is 11.5 Å². The largest absolute Gasteiger partial charge is 0.493 e. The summed E-state index contributed by atoms with van der Waals surface area (Å²) >= 11 is 0. The molecule has 3 aliphatic heterocycles. The zero-order chi connectivity index (χ0) is 31.1. The van der Waals surface area contributed by atoms with Gasteiger partial charge in [-0.15, -0.1) is 0 Å². The van der Waals surface area contributed by atoms with E-state index < -0.39 is 60.1 Å². The minimum atomic E-state index is -2.08.